The number of hydrogen-bond donors (Lipinski definition) is 3. The molecule has 0 aliphatic heterocycles. The summed E-state index contributed by atoms with van der Waals surface area (Å²) in [5, 5.41) is 8.38. The highest BCUT2D eigenvalue weighted by molar-refractivity contribution is 5.74. The Morgan fingerprint density at radius 1 is 0.480 bits per heavy atom. The maximum Gasteiger partial charge on any atom is 0.424 e. The lowest BCUT2D eigenvalue weighted by molar-refractivity contribution is -0.287. The second kappa shape index (κ2) is 15.1. The van der Waals surface area contributed by atoms with Crippen LogP contribution in [0.4, 0.5) is 14.4 Å². The zero-order chi connectivity index (χ0) is 37.7. The molecule has 9 nitrogen and oxygen atoms in total. The molecule has 50 heavy (non-hydrogen) atoms. The fraction of sp³-hybridized carbons (Fsp3) is 0.341. The molecule has 0 heterocycles. The number of amides is 3. The summed E-state index contributed by atoms with van der Waals surface area (Å²) in [4.78, 5) is 40.4. The van der Waals surface area contributed by atoms with Crippen molar-refractivity contribution in [3.8, 4) is 0 Å². The summed E-state index contributed by atoms with van der Waals surface area (Å²) in [5.41, 5.74) is 4.78. The van der Waals surface area contributed by atoms with Crippen LogP contribution in [0.2, 0.25) is 0 Å². The highest BCUT2D eigenvalue weighted by Crippen LogP contribution is 2.28. The first-order valence-electron chi connectivity index (χ1n) is 16.4. The standard InChI is InChI=1S/C41H51N3O6/c1-26(2)29-17-14-20-32(23-29)38(7,8)42-35(45)48-41(13,49-36(46)43-39(9,10)33-21-15-18-30(24-33)27(3)4)50-37(47)44-40(11,12)34-22-16-19-31(25-34)28(5)6/h14-25H,1,3,5H2,2,4,6-13H3,(H,42,45)(H,43,46)(H,44,47). The molecule has 0 saturated carbocycles. The zero-order valence-electron chi connectivity index (χ0n) is 31.0. The van der Waals surface area contributed by atoms with Gasteiger partial charge in [0.15, 0.2) is 0 Å². The fourth-order valence-electron chi connectivity index (χ4n) is 5.15. The minimum Gasteiger partial charge on any atom is -0.371 e. The van der Waals surface area contributed by atoms with Crippen LogP contribution in [0.1, 0.15) is 103 Å². The molecule has 266 valence electrons. The Hall–Kier alpha value is -5.31. The molecule has 0 bridgehead atoms. The minimum atomic E-state index is -2.50. The highest BCUT2D eigenvalue weighted by Gasteiger charge is 2.42. The van der Waals surface area contributed by atoms with Crippen LogP contribution in [0, 0.1) is 0 Å². The van der Waals surface area contributed by atoms with Crippen molar-refractivity contribution in [2.24, 2.45) is 0 Å². The lowest BCUT2D eigenvalue weighted by Gasteiger charge is -2.34. The van der Waals surface area contributed by atoms with Gasteiger partial charge in [-0.25, -0.2) is 14.4 Å². The molecule has 3 aromatic rings. The average Bonchev–Trinajstić information content (AvgIpc) is 2.99. The van der Waals surface area contributed by atoms with Crippen molar-refractivity contribution in [3.63, 3.8) is 0 Å². The first-order valence-corrected chi connectivity index (χ1v) is 16.4. The largest absolute Gasteiger partial charge is 0.424 e. The fourth-order valence-corrected chi connectivity index (χ4v) is 5.15. The summed E-state index contributed by atoms with van der Waals surface area (Å²) >= 11 is 0. The molecule has 0 atom stereocenters. The Morgan fingerprint density at radius 2 is 0.720 bits per heavy atom. The van der Waals surface area contributed by atoms with E-state index in [0.29, 0.717) is 0 Å². The molecule has 3 amide bonds. The molecular formula is C41H51N3O6. The van der Waals surface area contributed by atoms with E-state index in [9.17, 15) is 14.4 Å². The van der Waals surface area contributed by atoms with Crippen molar-refractivity contribution in [3.05, 3.63) is 126 Å². The molecule has 3 aromatic carbocycles. The third kappa shape index (κ3) is 10.3. The lowest BCUT2D eigenvalue weighted by Crippen LogP contribution is -2.53. The van der Waals surface area contributed by atoms with E-state index in [-0.39, 0.29) is 0 Å². The number of carbonyl (C=O) groups excluding carboxylic acids is 3. The van der Waals surface area contributed by atoms with Gasteiger partial charge in [-0.05, 0) is 114 Å². The highest BCUT2D eigenvalue weighted by atomic mass is 16.9. The number of rotatable bonds is 12. The third-order valence-electron chi connectivity index (χ3n) is 8.31. The number of hydrogen-bond acceptors (Lipinski definition) is 6. The maximum absolute atomic E-state index is 13.5. The molecule has 9 heteroatoms. The predicted octanol–water partition coefficient (Wildman–Crippen LogP) is 9.74. The first kappa shape index (κ1) is 39.1. The van der Waals surface area contributed by atoms with Crippen LogP contribution in [-0.4, -0.2) is 24.3 Å². The van der Waals surface area contributed by atoms with Crippen LogP contribution in [0.25, 0.3) is 16.7 Å². The quantitative estimate of drug-likeness (QED) is 0.164. The number of carbonyl (C=O) groups is 3. The molecule has 0 spiro atoms. The van der Waals surface area contributed by atoms with E-state index in [1.807, 2.05) is 93.6 Å². The van der Waals surface area contributed by atoms with Gasteiger partial charge < -0.3 is 30.2 Å². The second-order valence-corrected chi connectivity index (χ2v) is 14.4. The van der Waals surface area contributed by atoms with E-state index in [2.05, 4.69) is 35.7 Å². The second-order valence-electron chi connectivity index (χ2n) is 14.4. The van der Waals surface area contributed by atoms with Crippen LogP contribution in [0.15, 0.2) is 92.5 Å². The number of benzene rings is 3. The summed E-state index contributed by atoms with van der Waals surface area (Å²) in [6.07, 6.45) is -3.00. The van der Waals surface area contributed by atoms with Crippen molar-refractivity contribution >= 4 is 35.0 Å². The van der Waals surface area contributed by atoms with E-state index >= 15 is 0 Å². The average molecular weight is 682 g/mol. The zero-order valence-corrected chi connectivity index (χ0v) is 31.0. The third-order valence-corrected chi connectivity index (χ3v) is 8.31. The van der Waals surface area contributed by atoms with E-state index in [1.54, 1.807) is 41.5 Å². The van der Waals surface area contributed by atoms with Crippen LogP contribution < -0.4 is 16.0 Å². The topological polar surface area (TPSA) is 115 Å². The van der Waals surface area contributed by atoms with Gasteiger partial charge in [-0.3, -0.25) is 0 Å². The Morgan fingerprint density at radius 3 is 0.940 bits per heavy atom. The number of nitrogens with one attached hydrogen (secondary N) is 3. The van der Waals surface area contributed by atoms with Crippen LogP contribution in [-0.2, 0) is 30.8 Å². The van der Waals surface area contributed by atoms with E-state index in [0.717, 1.165) is 50.1 Å². The van der Waals surface area contributed by atoms with E-state index < -0.39 is 40.9 Å². The van der Waals surface area contributed by atoms with Gasteiger partial charge in [0.1, 0.15) is 0 Å². The number of alkyl carbamates (subject to hydrolysis) is 3. The molecule has 3 rings (SSSR count). The molecule has 3 N–H and O–H groups in total. The predicted molar refractivity (Wildman–Crippen MR) is 200 cm³/mol. The Kier molecular flexibility index (Phi) is 11.8. The Bertz CT molecular complexity index is 1600. The van der Waals surface area contributed by atoms with Crippen LogP contribution in [0.5, 0.6) is 0 Å². The monoisotopic (exact) mass is 681 g/mol. The van der Waals surface area contributed by atoms with Gasteiger partial charge in [-0.2, -0.15) is 0 Å². The molecule has 0 aliphatic carbocycles. The van der Waals surface area contributed by atoms with Crippen molar-refractivity contribution in [1.29, 1.82) is 0 Å². The van der Waals surface area contributed by atoms with Gasteiger partial charge in [-0.15, -0.1) is 0 Å². The molecule has 0 saturated heterocycles. The Labute approximate surface area is 296 Å². The normalized spacial score (nSPS) is 11.9. The van der Waals surface area contributed by atoms with Crippen LogP contribution in [0.3, 0.4) is 0 Å². The van der Waals surface area contributed by atoms with Crippen LogP contribution >= 0.6 is 0 Å². The smallest absolute Gasteiger partial charge is 0.371 e. The molecule has 0 radical (unpaired) electrons. The van der Waals surface area contributed by atoms with Gasteiger partial charge in [0, 0.05) is 0 Å². The summed E-state index contributed by atoms with van der Waals surface area (Å²) in [7, 11) is 0. The van der Waals surface area contributed by atoms with Gasteiger partial charge >= 0.3 is 24.3 Å². The summed E-state index contributed by atoms with van der Waals surface area (Å²) in [6.45, 7) is 29.5. The first-order chi connectivity index (χ1) is 23.0. The maximum atomic E-state index is 13.5. The van der Waals surface area contributed by atoms with E-state index in [4.69, 9.17) is 14.2 Å². The molecule has 0 fully saturated rings. The summed E-state index contributed by atoms with van der Waals surface area (Å²) in [6, 6.07) is 22.6. The molecule has 0 unspecified atom stereocenters. The SMILES string of the molecule is C=C(C)c1cccc(C(C)(C)NC(=O)OC(C)(OC(=O)NC(C)(C)c2cccc(C(=C)C)c2)OC(=O)NC(C)(C)c2cccc(C(=C)C)c2)c1. The van der Waals surface area contributed by atoms with Crippen molar-refractivity contribution in [2.75, 3.05) is 0 Å². The van der Waals surface area contributed by atoms with Crippen molar-refractivity contribution in [1.82, 2.24) is 16.0 Å². The molecule has 0 aromatic heterocycles. The molecular weight excluding hydrogens is 630 g/mol. The summed E-state index contributed by atoms with van der Waals surface area (Å²) in [5.74, 6) is -2.50. The Balaban J connectivity index is 1.88. The van der Waals surface area contributed by atoms with Gasteiger partial charge in [-0.1, -0.05) is 91.1 Å². The van der Waals surface area contributed by atoms with Crippen molar-refractivity contribution < 1.29 is 28.6 Å². The van der Waals surface area contributed by atoms with E-state index in [1.165, 1.54) is 6.92 Å². The van der Waals surface area contributed by atoms with Gasteiger partial charge in [0.25, 0.3) is 0 Å². The van der Waals surface area contributed by atoms with Gasteiger partial charge in [0.05, 0.1) is 23.5 Å². The summed E-state index contributed by atoms with van der Waals surface area (Å²) < 4.78 is 16.8. The number of ether oxygens (including phenoxy) is 3. The lowest BCUT2D eigenvalue weighted by atomic mass is 9.92. The minimum absolute atomic E-state index is 0.770. The number of allylic oxidation sites excluding steroid dienone is 3. The van der Waals surface area contributed by atoms with Crippen molar-refractivity contribution in [2.45, 2.75) is 91.8 Å². The molecule has 0 aliphatic rings. The van der Waals surface area contributed by atoms with Gasteiger partial charge in [0.2, 0.25) is 0 Å².